The number of ether oxygens (including phenoxy) is 1. The van der Waals surface area contributed by atoms with E-state index in [2.05, 4.69) is 19.7 Å². The van der Waals surface area contributed by atoms with Crippen LogP contribution >= 0.6 is 11.3 Å². The highest BCUT2D eigenvalue weighted by molar-refractivity contribution is 7.93. The third-order valence-corrected chi connectivity index (χ3v) is 7.32. The van der Waals surface area contributed by atoms with Gasteiger partial charge in [0.25, 0.3) is 10.0 Å². The van der Waals surface area contributed by atoms with Crippen molar-refractivity contribution in [2.24, 2.45) is 0 Å². The zero-order chi connectivity index (χ0) is 23.5. The molecule has 0 aliphatic carbocycles. The average Bonchev–Trinajstić information content (AvgIpc) is 3.35. The Morgan fingerprint density at radius 1 is 0.971 bits per heavy atom. The Hall–Kier alpha value is -3.82. The summed E-state index contributed by atoms with van der Waals surface area (Å²) in [6.07, 6.45) is 4.96. The van der Waals surface area contributed by atoms with E-state index in [0.29, 0.717) is 23.3 Å². The van der Waals surface area contributed by atoms with E-state index < -0.39 is 10.0 Å². The second-order valence-corrected chi connectivity index (χ2v) is 10.2. The molecule has 170 valence electrons. The van der Waals surface area contributed by atoms with E-state index in [1.54, 1.807) is 48.2 Å². The van der Waals surface area contributed by atoms with Gasteiger partial charge in [-0.1, -0.05) is 36.4 Å². The van der Waals surface area contributed by atoms with Gasteiger partial charge in [-0.3, -0.25) is 9.71 Å². The van der Waals surface area contributed by atoms with Crippen LogP contribution in [0.2, 0.25) is 0 Å². The number of hydrogen-bond donors (Lipinski definition) is 1. The second-order valence-electron chi connectivity index (χ2n) is 7.62. The summed E-state index contributed by atoms with van der Waals surface area (Å²) in [4.78, 5) is 13.2. The van der Waals surface area contributed by atoms with Crippen molar-refractivity contribution in [3.05, 3.63) is 95.8 Å². The third-order valence-electron chi connectivity index (χ3n) is 5.16. The molecule has 0 bridgehead atoms. The fraction of sp³-hybridized carbons (Fsp3) is 0.0800. The molecule has 0 saturated heterocycles. The van der Waals surface area contributed by atoms with Crippen molar-refractivity contribution in [1.82, 2.24) is 15.0 Å². The lowest BCUT2D eigenvalue weighted by atomic mass is 10.0. The Morgan fingerprint density at radius 3 is 2.62 bits per heavy atom. The van der Waals surface area contributed by atoms with Crippen LogP contribution in [-0.4, -0.2) is 23.4 Å². The Bertz CT molecular complexity index is 1550. The van der Waals surface area contributed by atoms with Crippen LogP contribution in [0.25, 0.3) is 22.0 Å². The zero-order valence-electron chi connectivity index (χ0n) is 18.2. The summed E-state index contributed by atoms with van der Waals surface area (Å²) in [7, 11) is -3.77. The van der Waals surface area contributed by atoms with E-state index >= 15 is 0 Å². The van der Waals surface area contributed by atoms with Crippen molar-refractivity contribution in [2.75, 3.05) is 4.72 Å². The Kier molecular flexibility index (Phi) is 5.95. The normalized spacial score (nSPS) is 11.4. The summed E-state index contributed by atoms with van der Waals surface area (Å²) >= 11 is 1.22. The molecule has 0 saturated carbocycles. The minimum absolute atomic E-state index is 0.148. The first-order valence-electron chi connectivity index (χ1n) is 10.4. The molecular weight excluding hydrogens is 468 g/mol. The number of fused-ring (bicyclic) bond motifs is 1. The minimum Gasteiger partial charge on any atom is -0.472 e. The molecule has 0 spiro atoms. The SMILES string of the molecule is Cc1cnc(OCc2ccccc2)c(-c2nccc3cc(S(=O)(=O)Nc4nccs4)ccc23)c1. The first kappa shape index (κ1) is 22.0. The second kappa shape index (κ2) is 9.20. The van der Waals surface area contributed by atoms with Crippen molar-refractivity contribution in [1.29, 1.82) is 0 Å². The molecule has 7 nitrogen and oxygen atoms in total. The van der Waals surface area contributed by atoms with Gasteiger partial charge in [-0.2, -0.15) is 0 Å². The molecule has 0 amide bonds. The number of aromatic nitrogens is 3. The van der Waals surface area contributed by atoms with E-state index in [-0.39, 0.29) is 4.90 Å². The molecule has 5 aromatic rings. The van der Waals surface area contributed by atoms with Crippen LogP contribution in [0.4, 0.5) is 5.13 Å². The monoisotopic (exact) mass is 488 g/mol. The van der Waals surface area contributed by atoms with Crippen LogP contribution in [0.3, 0.4) is 0 Å². The van der Waals surface area contributed by atoms with Gasteiger partial charge in [0.15, 0.2) is 5.13 Å². The van der Waals surface area contributed by atoms with E-state index in [4.69, 9.17) is 4.74 Å². The van der Waals surface area contributed by atoms with Crippen molar-refractivity contribution < 1.29 is 13.2 Å². The van der Waals surface area contributed by atoms with Gasteiger partial charge in [-0.05, 0) is 47.7 Å². The van der Waals surface area contributed by atoms with Crippen LogP contribution in [0, 0.1) is 6.92 Å². The largest absolute Gasteiger partial charge is 0.472 e. The molecule has 2 aromatic carbocycles. The first-order valence-corrected chi connectivity index (χ1v) is 12.8. The van der Waals surface area contributed by atoms with Gasteiger partial charge in [0.2, 0.25) is 5.88 Å². The topological polar surface area (TPSA) is 94.1 Å². The number of aryl methyl sites for hydroxylation is 1. The molecule has 3 aromatic heterocycles. The molecular formula is C25H20N4O3S2. The fourth-order valence-corrected chi connectivity index (χ4v) is 5.38. The molecule has 3 heterocycles. The lowest BCUT2D eigenvalue weighted by Gasteiger charge is -2.13. The molecule has 5 rings (SSSR count). The van der Waals surface area contributed by atoms with Crippen molar-refractivity contribution in [3.8, 4) is 17.1 Å². The Balaban J connectivity index is 1.52. The molecule has 0 radical (unpaired) electrons. The fourth-order valence-electron chi connectivity index (χ4n) is 3.55. The quantitative estimate of drug-likeness (QED) is 0.328. The predicted molar refractivity (Wildman–Crippen MR) is 133 cm³/mol. The van der Waals surface area contributed by atoms with Gasteiger partial charge in [-0.25, -0.2) is 18.4 Å². The van der Waals surface area contributed by atoms with Crippen LogP contribution in [0.15, 0.2) is 89.5 Å². The number of rotatable bonds is 7. The lowest BCUT2D eigenvalue weighted by Crippen LogP contribution is -2.12. The van der Waals surface area contributed by atoms with E-state index in [1.165, 1.54) is 11.3 Å². The Labute approximate surface area is 201 Å². The molecule has 34 heavy (non-hydrogen) atoms. The van der Waals surface area contributed by atoms with Crippen LogP contribution in [-0.2, 0) is 16.6 Å². The number of sulfonamides is 1. The van der Waals surface area contributed by atoms with Gasteiger partial charge in [0, 0.05) is 29.4 Å². The van der Waals surface area contributed by atoms with Gasteiger partial charge < -0.3 is 4.74 Å². The van der Waals surface area contributed by atoms with E-state index in [0.717, 1.165) is 27.5 Å². The number of hydrogen-bond acceptors (Lipinski definition) is 7. The standard InChI is InChI=1S/C25H20N4O3S2/c1-17-13-22(24(28-15-17)32-16-18-5-3-2-4-6-18)23-21-8-7-20(14-19(21)9-10-26-23)34(30,31)29-25-27-11-12-33-25/h2-15H,16H2,1H3,(H,27,29). The number of thiazole rings is 1. The summed E-state index contributed by atoms with van der Waals surface area (Å²) in [5.41, 5.74) is 3.42. The van der Waals surface area contributed by atoms with E-state index in [1.807, 2.05) is 43.3 Å². The van der Waals surface area contributed by atoms with Crippen LogP contribution < -0.4 is 9.46 Å². The highest BCUT2D eigenvalue weighted by atomic mass is 32.2. The van der Waals surface area contributed by atoms with Crippen LogP contribution in [0.5, 0.6) is 5.88 Å². The van der Waals surface area contributed by atoms with Gasteiger partial charge in [0.05, 0.1) is 16.2 Å². The number of benzene rings is 2. The summed E-state index contributed by atoms with van der Waals surface area (Å²) in [5.74, 6) is 0.469. The maximum Gasteiger partial charge on any atom is 0.263 e. The molecule has 0 atom stereocenters. The average molecular weight is 489 g/mol. The molecule has 0 fully saturated rings. The summed E-state index contributed by atoms with van der Waals surface area (Å²) in [6, 6.07) is 18.6. The highest BCUT2D eigenvalue weighted by Gasteiger charge is 2.18. The van der Waals surface area contributed by atoms with Crippen molar-refractivity contribution >= 4 is 37.3 Å². The van der Waals surface area contributed by atoms with Crippen LogP contribution in [0.1, 0.15) is 11.1 Å². The molecule has 1 N–H and O–H groups in total. The van der Waals surface area contributed by atoms with Crippen molar-refractivity contribution in [2.45, 2.75) is 18.4 Å². The number of nitrogens with one attached hydrogen (secondary N) is 1. The lowest BCUT2D eigenvalue weighted by molar-refractivity contribution is 0.295. The smallest absolute Gasteiger partial charge is 0.263 e. The minimum atomic E-state index is -3.77. The van der Waals surface area contributed by atoms with E-state index in [9.17, 15) is 8.42 Å². The molecule has 9 heteroatoms. The maximum atomic E-state index is 12.8. The Morgan fingerprint density at radius 2 is 1.82 bits per heavy atom. The summed E-state index contributed by atoms with van der Waals surface area (Å²) in [6.45, 7) is 2.33. The molecule has 0 unspecified atom stereocenters. The molecule has 0 aliphatic rings. The molecule has 0 aliphatic heterocycles. The van der Waals surface area contributed by atoms with Gasteiger partial charge in [0.1, 0.15) is 6.61 Å². The van der Waals surface area contributed by atoms with Gasteiger partial charge in [-0.15, -0.1) is 11.3 Å². The zero-order valence-corrected chi connectivity index (χ0v) is 19.8. The maximum absolute atomic E-state index is 12.8. The number of pyridine rings is 2. The third kappa shape index (κ3) is 4.61. The number of nitrogens with zero attached hydrogens (tertiary/aromatic N) is 3. The van der Waals surface area contributed by atoms with Crippen molar-refractivity contribution in [3.63, 3.8) is 0 Å². The predicted octanol–water partition coefficient (Wildman–Crippen LogP) is 5.44. The summed E-state index contributed by atoms with van der Waals surface area (Å²) < 4.78 is 34.2. The van der Waals surface area contributed by atoms with Gasteiger partial charge >= 0.3 is 0 Å². The summed E-state index contributed by atoms with van der Waals surface area (Å²) in [5, 5.41) is 3.57. The first-order chi connectivity index (χ1) is 16.5. The highest BCUT2D eigenvalue weighted by Crippen LogP contribution is 2.34. The number of anilines is 1.